The van der Waals surface area contributed by atoms with Crippen molar-refractivity contribution >= 4 is 0 Å². The molecule has 1 aromatic heterocycles. The van der Waals surface area contributed by atoms with E-state index in [4.69, 9.17) is 18.7 Å². The Labute approximate surface area is 134 Å². The van der Waals surface area contributed by atoms with E-state index in [2.05, 4.69) is 10.1 Å². The fraction of sp³-hybridized carbons (Fsp3) is 0.529. The highest BCUT2D eigenvalue weighted by Gasteiger charge is 2.44. The van der Waals surface area contributed by atoms with Crippen molar-refractivity contribution in [2.75, 3.05) is 14.2 Å². The maximum atomic E-state index is 5.86. The predicted molar refractivity (Wildman–Crippen MR) is 81.9 cm³/mol. The molecule has 2 aliphatic heterocycles. The van der Waals surface area contributed by atoms with Crippen LogP contribution < -0.4 is 9.47 Å². The molecule has 0 unspecified atom stereocenters. The van der Waals surface area contributed by atoms with Gasteiger partial charge in [-0.05, 0) is 37.0 Å². The molecule has 2 aliphatic rings. The SMILES string of the molecule is COc1ccc(Cc2noc([C@H]3C[C@H]4CC[C@H]3O4)n2)cc1OC. The maximum absolute atomic E-state index is 5.86. The summed E-state index contributed by atoms with van der Waals surface area (Å²) in [5.41, 5.74) is 1.05. The lowest BCUT2D eigenvalue weighted by Gasteiger charge is -2.13. The first-order valence-electron chi connectivity index (χ1n) is 7.95. The lowest BCUT2D eigenvalue weighted by molar-refractivity contribution is 0.0974. The molecule has 2 saturated heterocycles. The highest BCUT2D eigenvalue weighted by Crippen LogP contribution is 2.43. The molecule has 1 aromatic carbocycles. The van der Waals surface area contributed by atoms with E-state index in [0.29, 0.717) is 35.7 Å². The predicted octanol–water partition coefficient (Wildman–Crippen LogP) is 2.71. The van der Waals surface area contributed by atoms with Gasteiger partial charge >= 0.3 is 0 Å². The first kappa shape index (κ1) is 14.5. The van der Waals surface area contributed by atoms with Crippen molar-refractivity contribution in [1.29, 1.82) is 0 Å². The molecular formula is C17H20N2O4. The van der Waals surface area contributed by atoms with E-state index in [9.17, 15) is 0 Å². The van der Waals surface area contributed by atoms with Gasteiger partial charge in [0.1, 0.15) is 0 Å². The molecule has 2 bridgehead atoms. The Morgan fingerprint density at radius 1 is 1.17 bits per heavy atom. The zero-order valence-electron chi connectivity index (χ0n) is 13.3. The van der Waals surface area contributed by atoms with Crippen molar-refractivity contribution in [2.24, 2.45) is 0 Å². The molecule has 4 rings (SSSR count). The molecule has 6 heteroatoms. The number of nitrogens with zero attached hydrogens (tertiary/aromatic N) is 2. The average molecular weight is 316 g/mol. The zero-order chi connectivity index (χ0) is 15.8. The van der Waals surface area contributed by atoms with E-state index in [0.717, 1.165) is 24.8 Å². The third-order valence-electron chi connectivity index (χ3n) is 4.72. The van der Waals surface area contributed by atoms with Crippen molar-refractivity contribution in [3.05, 3.63) is 35.5 Å². The summed E-state index contributed by atoms with van der Waals surface area (Å²) >= 11 is 0. The van der Waals surface area contributed by atoms with E-state index in [1.807, 2.05) is 18.2 Å². The summed E-state index contributed by atoms with van der Waals surface area (Å²) in [6.07, 6.45) is 4.51. The Morgan fingerprint density at radius 3 is 2.74 bits per heavy atom. The maximum Gasteiger partial charge on any atom is 0.232 e. The van der Waals surface area contributed by atoms with Gasteiger partial charge in [0, 0.05) is 6.42 Å². The summed E-state index contributed by atoms with van der Waals surface area (Å²) in [6, 6.07) is 5.81. The molecule has 122 valence electrons. The third-order valence-corrected chi connectivity index (χ3v) is 4.72. The fourth-order valence-corrected chi connectivity index (χ4v) is 3.56. The van der Waals surface area contributed by atoms with Crippen molar-refractivity contribution in [2.45, 2.75) is 43.8 Å². The van der Waals surface area contributed by atoms with Crippen molar-refractivity contribution < 1.29 is 18.7 Å². The van der Waals surface area contributed by atoms with Gasteiger partial charge in [0.15, 0.2) is 17.3 Å². The number of methoxy groups -OCH3 is 2. The highest BCUT2D eigenvalue weighted by atomic mass is 16.5. The molecule has 3 atom stereocenters. The van der Waals surface area contributed by atoms with E-state index in [-0.39, 0.29) is 12.0 Å². The minimum absolute atomic E-state index is 0.259. The minimum Gasteiger partial charge on any atom is -0.493 e. The number of hydrogen-bond donors (Lipinski definition) is 0. The Hall–Kier alpha value is -2.08. The van der Waals surface area contributed by atoms with Crippen LogP contribution in [0.3, 0.4) is 0 Å². The average Bonchev–Trinajstić information content (AvgIpc) is 3.31. The van der Waals surface area contributed by atoms with E-state index < -0.39 is 0 Å². The van der Waals surface area contributed by atoms with Crippen LogP contribution in [-0.4, -0.2) is 36.6 Å². The largest absolute Gasteiger partial charge is 0.493 e. The molecule has 23 heavy (non-hydrogen) atoms. The molecule has 0 amide bonds. The lowest BCUT2D eigenvalue weighted by Crippen LogP contribution is -2.14. The Kier molecular flexibility index (Phi) is 3.69. The van der Waals surface area contributed by atoms with Crippen LogP contribution >= 0.6 is 0 Å². The quantitative estimate of drug-likeness (QED) is 0.845. The van der Waals surface area contributed by atoms with Gasteiger partial charge in [-0.3, -0.25) is 0 Å². The van der Waals surface area contributed by atoms with Gasteiger partial charge in [-0.15, -0.1) is 0 Å². The summed E-state index contributed by atoms with van der Waals surface area (Å²) in [7, 11) is 3.25. The molecule has 0 radical (unpaired) electrons. The zero-order valence-corrected chi connectivity index (χ0v) is 13.3. The van der Waals surface area contributed by atoms with Crippen LogP contribution in [0, 0.1) is 0 Å². The number of rotatable bonds is 5. The summed E-state index contributed by atoms with van der Waals surface area (Å²) in [6.45, 7) is 0. The normalized spacial score (nSPS) is 25.7. The van der Waals surface area contributed by atoms with Gasteiger partial charge in [0.05, 0.1) is 32.3 Å². The summed E-state index contributed by atoms with van der Waals surface area (Å²) in [4.78, 5) is 4.57. The van der Waals surface area contributed by atoms with E-state index >= 15 is 0 Å². The second kappa shape index (κ2) is 5.85. The van der Waals surface area contributed by atoms with Crippen LogP contribution in [0.5, 0.6) is 11.5 Å². The summed E-state index contributed by atoms with van der Waals surface area (Å²) in [5.74, 6) is 3.09. The second-order valence-electron chi connectivity index (χ2n) is 6.13. The minimum atomic E-state index is 0.259. The number of aromatic nitrogens is 2. The van der Waals surface area contributed by atoms with Gasteiger partial charge in [0.2, 0.25) is 5.89 Å². The molecular weight excluding hydrogens is 296 g/mol. The first-order valence-corrected chi connectivity index (χ1v) is 7.95. The monoisotopic (exact) mass is 316 g/mol. The number of fused-ring (bicyclic) bond motifs is 2. The smallest absolute Gasteiger partial charge is 0.232 e. The van der Waals surface area contributed by atoms with Crippen LogP contribution in [0.15, 0.2) is 22.7 Å². The van der Waals surface area contributed by atoms with Gasteiger partial charge in [0.25, 0.3) is 0 Å². The lowest BCUT2D eigenvalue weighted by atomic mass is 9.89. The van der Waals surface area contributed by atoms with E-state index in [1.54, 1.807) is 14.2 Å². The van der Waals surface area contributed by atoms with Crippen molar-refractivity contribution in [3.8, 4) is 11.5 Å². The highest BCUT2D eigenvalue weighted by molar-refractivity contribution is 5.43. The number of benzene rings is 1. The molecule has 3 heterocycles. The van der Waals surface area contributed by atoms with Crippen LogP contribution in [0.1, 0.15) is 42.5 Å². The van der Waals surface area contributed by atoms with Crippen LogP contribution in [0.25, 0.3) is 0 Å². The molecule has 2 fully saturated rings. The third kappa shape index (κ3) is 2.67. The summed E-state index contributed by atoms with van der Waals surface area (Å²) < 4.78 is 21.9. The second-order valence-corrected chi connectivity index (χ2v) is 6.13. The van der Waals surface area contributed by atoms with Crippen LogP contribution in [0.4, 0.5) is 0 Å². The Morgan fingerprint density at radius 2 is 2.04 bits per heavy atom. The van der Waals surface area contributed by atoms with E-state index in [1.165, 1.54) is 0 Å². The number of hydrogen-bond acceptors (Lipinski definition) is 6. The molecule has 0 aliphatic carbocycles. The molecule has 0 spiro atoms. The van der Waals surface area contributed by atoms with Gasteiger partial charge in [-0.1, -0.05) is 11.2 Å². The standard InChI is InChI=1S/C17H20N2O4/c1-20-14-5-3-10(7-15(14)21-2)8-16-18-17(23-19-16)12-9-11-4-6-13(12)22-11/h3,5,7,11-13H,4,6,8-9H2,1-2H3/t11-,12+,13-/m1/s1. The van der Waals surface area contributed by atoms with Gasteiger partial charge in [-0.25, -0.2) is 0 Å². The number of ether oxygens (including phenoxy) is 3. The Bertz CT molecular complexity index is 700. The summed E-state index contributed by atoms with van der Waals surface area (Å²) in [5, 5.41) is 4.12. The first-order chi connectivity index (χ1) is 11.3. The molecule has 0 saturated carbocycles. The van der Waals surface area contributed by atoms with Crippen molar-refractivity contribution in [3.63, 3.8) is 0 Å². The fourth-order valence-electron chi connectivity index (χ4n) is 3.56. The topological polar surface area (TPSA) is 66.6 Å². The van der Waals surface area contributed by atoms with Gasteiger partial charge < -0.3 is 18.7 Å². The van der Waals surface area contributed by atoms with Crippen LogP contribution in [-0.2, 0) is 11.2 Å². The van der Waals surface area contributed by atoms with Crippen molar-refractivity contribution in [1.82, 2.24) is 10.1 Å². The molecule has 0 N–H and O–H groups in total. The van der Waals surface area contributed by atoms with Crippen LogP contribution in [0.2, 0.25) is 0 Å². The molecule has 2 aromatic rings. The Balaban J connectivity index is 1.49. The molecule has 6 nitrogen and oxygen atoms in total. The van der Waals surface area contributed by atoms with Gasteiger partial charge in [-0.2, -0.15) is 4.98 Å².